The van der Waals surface area contributed by atoms with Gasteiger partial charge in [-0.15, -0.1) is 0 Å². The Hall–Kier alpha value is -1.84. The van der Waals surface area contributed by atoms with Crippen LogP contribution in [0.4, 0.5) is 0 Å². The molecule has 1 aromatic carbocycles. The van der Waals surface area contributed by atoms with E-state index in [9.17, 15) is 9.59 Å². The van der Waals surface area contributed by atoms with E-state index in [4.69, 9.17) is 9.47 Å². The second-order valence-electron chi connectivity index (χ2n) is 6.98. The van der Waals surface area contributed by atoms with Crippen LogP contribution in [0.15, 0.2) is 24.3 Å². The van der Waals surface area contributed by atoms with Crippen molar-refractivity contribution in [3.8, 4) is 0 Å². The molecular formula is C18H26O4. The minimum absolute atomic E-state index is 0.380. The summed E-state index contributed by atoms with van der Waals surface area (Å²) in [6.07, 6.45) is 1.74. The minimum Gasteiger partial charge on any atom is -0.456 e. The molecule has 0 fully saturated rings. The summed E-state index contributed by atoms with van der Waals surface area (Å²) in [5.41, 5.74) is -0.190. The number of ether oxygens (including phenoxy) is 2. The lowest BCUT2D eigenvalue weighted by molar-refractivity contribution is -0.00496. The standard InChI is InChI=1S/C18H26O4/c1-7-12-18(5,6)22-16(20)14-10-8-13(9-11-14)15(19)21-17(2,3)4/h8-11H,7,12H2,1-6H3. The quantitative estimate of drug-likeness (QED) is 0.758. The van der Waals surface area contributed by atoms with Gasteiger partial charge in [-0.1, -0.05) is 13.3 Å². The van der Waals surface area contributed by atoms with Gasteiger partial charge >= 0.3 is 11.9 Å². The maximum absolute atomic E-state index is 12.1. The highest BCUT2D eigenvalue weighted by molar-refractivity contribution is 5.93. The summed E-state index contributed by atoms with van der Waals surface area (Å²) < 4.78 is 10.8. The average Bonchev–Trinajstić information content (AvgIpc) is 2.36. The van der Waals surface area contributed by atoms with Crippen LogP contribution in [0.25, 0.3) is 0 Å². The molecule has 4 heteroatoms. The lowest BCUT2D eigenvalue weighted by Crippen LogP contribution is -2.28. The number of carbonyl (C=O) groups excluding carboxylic acids is 2. The van der Waals surface area contributed by atoms with Gasteiger partial charge in [0.1, 0.15) is 11.2 Å². The molecule has 22 heavy (non-hydrogen) atoms. The predicted octanol–water partition coefficient (Wildman–Crippen LogP) is 4.38. The van der Waals surface area contributed by atoms with Crippen LogP contribution in [0.5, 0.6) is 0 Å². The van der Waals surface area contributed by atoms with Gasteiger partial charge in [0.15, 0.2) is 0 Å². The van der Waals surface area contributed by atoms with Crippen molar-refractivity contribution in [3.63, 3.8) is 0 Å². The largest absolute Gasteiger partial charge is 0.456 e. The third kappa shape index (κ3) is 5.88. The normalized spacial score (nSPS) is 11.9. The van der Waals surface area contributed by atoms with Gasteiger partial charge in [-0.3, -0.25) is 0 Å². The molecule has 0 aliphatic heterocycles. The van der Waals surface area contributed by atoms with E-state index in [1.54, 1.807) is 24.3 Å². The molecule has 4 nitrogen and oxygen atoms in total. The van der Waals surface area contributed by atoms with Gasteiger partial charge in [0.2, 0.25) is 0 Å². The van der Waals surface area contributed by atoms with Crippen molar-refractivity contribution < 1.29 is 19.1 Å². The first kappa shape index (κ1) is 18.2. The van der Waals surface area contributed by atoms with Crippen molar-refractivity contribution in [1.82, 2.24) is 0 Å². The van der Waals surface area contributed by atoms with Gasteiger partial charge in [-0.25, -0.2) is 9.59 Å². The summed E-state index contributed by atoms with van der Waals surface area (Å²) in [7, 11) is 0. The molecule has 0 atom stereocenters. The van der Waals surface area contributed by atoms with E-state index in [1.807, 2.05) is 41.5 Å². The van der Waals surface area contributed by atoms with Crippen LogP contribution in [0.3, 0.4) is 0 Å². The van der Waals surface area contributed by atoms with Crippen molar-refractivity contribution in [2.75, 3.05) is 0 Å². The molecular weight excluding hydrogens is 280 g/mol. The maximum Gasteiger partial charge on any atom is 0.338 e. The Morgan fingerprint density at radius 3 is 1.64 bits per heavy atom. The lowest BCUT2D eigenvalue weighted by Gasteiger charge is -2.24. The fourth-order valence-electron chi connectivity index (χ4n) is 2.04. The minimum atomic E-state index is -0.543. The van der Waals surface area contributed by atoms with Crippen LogP contribution in [-0.4, -0.2) is 23.1 Å². The monoisotopic (exact) mass is 306 g/mol. The Bertz CT molecular complexity index is 521. The summed E-state index contributed by atoms with van der Waals surface area (Å²) >= 11 is 0. The highest BCUT2D eigenvalue weighted by Crippen LogP contribution is 2.19. The third-order valence-corrected chi connectivity index (χ3v) is 2.98. The van der Waals surface area contributed by atoms with Crippen LogP contribution in [0, 0.1) is 0 Å². The highest BCUT2D eigenvalue weighted by Gasteiger charge is 2.23. The lowest BCUT2D eigenvalue weighted by atomic mass is 10.0. The highest BCUT2D eigenvalue weighted by atomic mass is 16.6. The molecule has 0 aliphatic rings. The van der Waals surface area contributed by atoms with Gasteiger partial charge < -0.3 is 9.47 Å². The molecule has 1 rings (SSSR count). The molecule has 0 radical (unpaired) electrons. The fourth-order valence-corrected chi connectivity index (χ4v) is 2.04. The van der Waals surface area contributed by atoms with Gasteiger partial charge in [0.05, 0.1) is 11.1 Å². The van der Waals surface area contributed by atoms with E-state index in [2.05, 4.69) is 0 Å². The zero-order valence-corrected chi connectivity index (χ0v) is 14.4. The van der Waals surface area contributed by atoms with Gasteiger partial charge in [-0.05, 0) is 65.3 Å². The first-order valence-corrected chi connectivity index (χ1v) is 7.61. The second-order valence-corrected chi connectivity index (χ2v) is 6.98. The van der Waals surface area contributed by atoms with Crippen LogP contribution in [-0.2, 0) is 9.47 Å². The maximum atomic E-state index is 12.1. The Labute approximate surface area is 132 Å². The van der Waals surface area contributed by atoms with Crippen LogP contribution >= 0.6 is 0 Å². The van der Waals surface area contributed by atoms with Gasteiger partial charge in [-0.2, -0.15) is 0 Å². The van der Waals surface area contributed by atoms with E-state index in [0.717, 1.165) is 12.8 Å². The van der Waals surface area contributed by atoms with Crippen molar-refractivity contribution >= 4 is 11.9 Å². The van der Waals surface area contributed by atoms with E-state index >= 15 is 0 Å². The summed E-state index contributed by atoms with van der Waals surface area (Å²) in [6, 6.07) is 6.34. The SMILES string of the molecule is CCCC(C)(C)OC(=O)c1ccc(C(=O)OC(C)(C)C)cc1. The number of hydrogen-bond acceptors (Lipinski definition) is 4. The van der Waals surface area contributed by atoms with Gasteiger partial charge in [0.25, 0.3) is 0 Å². The van der Waals surface area contributed by atoms with Crippen molar-refractivity contribution in [2.24, 2.45) is 0 Å². The fraction of sp³-hybridized carbons (Fsp3) is 0.556. The topological polar surface area (TPSA) is 52.6 Å². The van der Waals surface area contributed by atoms with E-state index < -0.39 is 17.2 Å². The molecule has 0 unspecified atom stereocenters. The van der Waals surface area contributed by atoms with Gasteiger partial charge in [0, 0.05) is 0 Å². The first-order valence-electron chi connectivity index (χ1n) is 7.61. The van der Waals surface area contributed by atoms with E-state index in [1.165, 1.54) is 0 Å². The molecule has 1 aromatic rings. The summed E-state index contributed by atoms with van der Waals surface area (Å²) in [4.78, 5) is 24.0. The number of benzene rings is 1. The first-order chi connectivity index (χ1) is 10.0. The number of esters is 2. The number of hydrogen-bond donors (Lipinski definition) is 0. The molecule has 0 heterocycles. The Balaban J connectivity index is 2.76. The molecule has 0 amide bonds. The number of carbonyl (C=O) groups is 2. The molecule has 0 saturated carbocycles. The summed E-state index contributed by atoms with van der Waals surface area (Å²) in [6.45, 7) is 11.3. The van der Waals surface area contributed by atoms with Crippen LogP contribution in [0.1, 0.15) is 75.1 Å². The Morgan fingerprint density at radius 2 is 1.27 bits per heavy atom. The molecule has 0 bridgehead atoms. The zero-order chi connectivity index (χ0) is 17.0. The summed E-state index contributed by atoms with van der Waals surface area (Å²) in [5.74, 6) is -0.784. The van der Waals surface area contributed by atoms with Crippen molar-refractivity contribution in [2.45, 2.75) is 65.6 Å². The van der Waals surface area contributed by atoms with Crippen molar-refractivity contribution in [3.05, 3.63) is 35.4 Å². The summed E-state index contributed by atoms with van der Waals surface area (Å²) in [5, 5.41) is 0. The third-order valence-electron chi connectivity index (χ3n) is 2.98. The smallest absolute Gasteiger partial charge is 0.338 e. The van der Waals surface area contributed by atoms with Crippen molar-refractivity contribution in [1.29, 1.82) is 0 Å². The zero-order valence-electron chi connectivity index (χ0n) is 14.4. The second kappa shape index (κ2) is 6.95. The Morgan fingerprint density at radius 1 is 0.864 bits per heavy atom. The molecule has 0 aromatic heterocycles. The molecule has 0 saturated heterocycles. The Kier molecular flexibility index (Phi) is 5.75. The molecule has 0 aliphatic carbocycles. The average molecular weight is 306 g/mol. The van der Waals surface area contributed by atoms with E-state index in [-0.39, 0.29) is 5.97 Å². The van der Waals surface area contributed by atoms with E-state index in [0.29, 0.717) is 11.1 Å². The molecule has 0 spiro atoms. The van der Waals surface area contributed by atoms with Crippen LogP contribution in [0.2, 0.25) is 0 Å². The number of rotatable bonds is 5. The predicted molar refractivity (Wildman–Crippen MR) is 86.0 cm³/mol. The molecule has 122 valence electrons. The molecule has 0 N–H and O–H groups in total. The van der Waals surface area contributed by atoms with Crippen LogP contribution < -0.4 is 0 Å².